The Labute approximate surface area is 507 Å². The van der Waals surface area contributed by atoms with Crippen molar-refractivity contribution in [3.05, 3.63) is 23.7 Å². The van der Waals surface area contributed by atoms with Gasteiger partial charge < -0.3 is 67.8 Å². The van der Waals surface area contributed by atoms with Crippen LogP contribution in [0.1, 0.15) is 135 Å². The van der Waals surface area contributed by atoms with Gasteiger partial charge in [-0.1, -0.05) is 38.0 Å². The van der Waals surface area contributed by atoms with E-state index in [0.717, 1.165) is 25.0 Å². The van der Waals surface area contributed by atoms with Crippen molar-refractivity contribution in [2.75, 3.05) is 71.6 Å². The molecule has 86 heavy (non-hydrogen) atoms. The van der Waals surface area contributed by atoms with Crippen LogP contribution in [0, 0.1) is 17.8 Å². The van der Waals surface area contributed by atoms with Crippen molar-refractivity contribution in [2.24, 2.45) is 34.2 Å². The topological polar surface area (TPSA) is 381 Å². The molecule has 5 aliphatic rings. The molecule has 1 aromatic heterocycles. The first kappa shape index (κ1) is 68.7. The Balaban J connectivity index is 0.960. The molecule has 9 amide bonds. The number of aromatic nitrogens is 3. The average Bonchev–Trinajstić information content (AvgIpc) is 2.98. The summed E-state index contributed by atoms with van der Waals surface area (Å²) in [4.78, 5) is 139. The molecular formula is C58H92N14O13S. The Morgan fingerprint density at radius 3 is 2.22 bits per heavy atom. The highest BCUT2D eigenvalue weighted by Crippen LogP contribution is 2.33. The summed E-state index contributed by atoms with van der Waals surface area (Å²) in [7, 11) is 0. The zero-order valence-electron chi connectivity index (χ0n) is 50.0. The molecule has 0 radical (unpaired) electrons. The van der Waals surface area contributed by atoms with Crippen LogP contribution in [0.2, 0.25) is 0 Å². The maximum Gasteiger partial charge on any atom is 0.315 e. The standard InChI is InChI=1S/C58H92N14O13S/c1-37(2)29-43-57(81)66-44(33-40-12-7-18-61-40)56(80)64-34-52(77)72-22-8-13-46(72)48(74)31-38(11-5-6-21-71-35-41(69-70-71)32-42(59)47(73)30-39(55(79)65-43)16-17-50(60)75)54(78)63-20-10-24-84-26-28-85-27-25-83-23-9-19-62-51(76)15-4-3-14-49-53-45(36-86-49)67-58(82)68-53/h12,18,35,37-39,42-46,49,53H,3-11,13-17,19-34,36,59H2,1-2H3,(H2,60,75)(H,62,76)(H,63,78)(H,64,80)(H,65,79)(H,66,81)(H2,67,68,82)/t38-,39-,42+,43+,44+,45-,46?,49?,53-/m1/s1. The van der Waals surface area contributed by atoms with Gasteiger partial charge in [-0.25, -0.2) is 4.79 Å². The number of aryl methyl sites for hydroxylation is 1. The highest BCUT2D eigenvalue weighted by molar-refractivity contribution is 8.00. The molecule has 9 atom stereocenters. The fourth-order valence-corrected chi connectivity index (χ4v) is 12.7. The summed E-state index contributed by atoms with van der Waals surface area (Å²) < 4.78 is 18.6. The number of rotatable bonds is 27. The van der Waals surface area contributed by atoms with E-state index < -0.39 is 77.9 Å². The third-order valence-corrected chi connectivity index (χ3v) is 17.3. The molecule has 0 spiro atoms. The van der Waals surface area contributed by atoms with Gasteiger partial charge in [0.1, 0.15) is 12.1 Å². The second-order valence-electron chi connectivity index (χ2n) is 23.2. The van der Waals surface area contributed by atoms with Crippen LogP contribution in [0.5, 0.6) is 0 Å². The van der Waals surface area contributed by atoms with Crippen molar-refractivity contribution in [1.29, 1.82) is 0 Å². The van der Waals surface area contributed by atoms with Gasteiger partial charge in [0, 0.05) is 125 Å². The van der Waals surface area contributed by atoms with E-state index in [0.29, 0.717) is 134 Å². The summed E-state index contributed by atoms with van der Waals surface area (Å²) in [5.74, 6) is -5.27. The number of ketones is 2. The number of hydrogen-bond donors (Lipinski definition) is 9. The van der Waals surface area contributed by atoms with Crippen LogP contribution in [-0.4, -0.2) is 198 Å². The van der Waals surface area contributed by atoms with E-state index >= 15 is 0 Å². The number of allylic oxidation sites excluding steroid dienone is 1. The van der Waals surface area contributed by atoms with Gasteiger partial charge in [0.05, 0.1) is 62.8 Å². The van der Waals surface area contributed by atoms with Gasteiger partial charge >= 0.3 is 6.03 Å². The molecule has 478 valence electrons. The quantitative estimate of drug-likeness (QED) is 0.0425. The van der Waals surface area contributed by atoms with E-state index in [4.69, 9.17) is 25.7 Å². The summed E-state index contributed by atoms with van der Waals surface area (Å²) in [5, 5.41) is 28.8. The lowest BCUT2D eigenvalue weighted by atomic mass is 9.91. The highest BCUT2D eigenvalue weighted by atomic mass is 32.2. The summed E-state index contributed by atoms with van der Waals surface area (Å²) >= 11 is 1.88. The molecule has 3 fully saturated rings. The molecule has 0 saturated carbocycles. The maximum atomic E-state index is 14.2. The zero-order chi connectivity index (χ0) is 61.8. The van der Waals surface area contributed by atoms with Crippen molar-refractivity contribution in [1.82, 2.24) is 57.1 Å². The number of Topliss-reactive ketones (excluding diaryl/α,β-unsaturated/α-hetero) is 2. The van der Waals surface area contributed by atoms with Gasteiger partial charge in [-0.05, 0) is 70.1 Å². The molecule has 5 aliphatic heterocycles. The van der Waals surface area contributed by atoms with E-state index in [1.54, 1.807) is 23.2 Å². The van der Waals surface area contributed by atoms with Gasteiger partial charge in [0.15, 0.2) is 11.6 Å². The van der Waals surface area contributed by atoms with Crippen molar-refractivity contribution in [2.45, 2.75) is 184 Å². The Morgan fingerprint density at radius 1 is 0.767 bits per heavy atom. The minimum absolute atomic E-state index is 0.00280. The van der Waals surface area contributed by atoms with E-state index in [2.05, 4.69) is 52.5 Å². The second kappa shape index (κ2) is 36.7. The normalized spacial score (nSPS) is 25.6. The van der Waals surface area contributed by atoms with Crippen LogP contribution in [0.4, 0.5) is 4.79 Å². The molecule has 28 heteroatoms. The van der Waals surface area contributed by atoms with Crippen LogP contribution in [0.25, 0.3) is 0 Å². The monoisotopic (exact) mass is 1220 g/mol. The van der Waals surface area contributed by atoms with Gasteiger partial charge in [-0.15, -0.1) is 5.10 Å². The Kier molecular flexibility index (Phi) is 29.3. The van der Waals surface area contributed by atoms with Gasteiger partial charge in [-0.2, -0.15) is 11.8 Å². The Bertz CT molecular complexity index is 2510. The van der Waals surface area contributed by atoms with Crippen LogP contribution >= 0.6 is 11.8 Å². The largest absolute Gasteiger partial charge is 0.379 e. The smallest absolute Gasteiger partial charge is 0.315 e. The summed E-state index contributed by atoms with van der Waals surface area (Å²) in [6.07, 6.45) is 11.7. The first-order valence-electron chi connectivity index (χ1n) is 30.8. The van der Waals surface area contributed by atoms with Gasteiger partial charge in [-0.3, -0.25) is 52.8 Å². The number of nitrogens with zero attached hydrogens (tertiary/aromatic N) is 5. The molecule has 0 aromatic carbocycles. The van der Waals surface area contributed by atoms with Gasteiger partial charge in [0.2, 0.25) is 41.4 Å². The number of unbranched alkanes of at least 4 members (excludes halogenated alkanes) is 1. The molecule has 2 unspecified atom stereocenters. The number of hydrogen-bond acceptors (Lipinski definition) is 18. The molecule has 6 heterocycles. The lowest BCUT2D eigenvalue weighted by Gasteiger charge is -2.27. The molecule has 0 aliphatic carbocycles. The molecule has 11 N–H and O–H groups in total. The number of ether oxygens (including phenoxy) is 3. The van der Waals surface area contributed by atoms with Crippen LogP contribution in [0.3, 0.4) is 0 Å². The highest BCUT2D eigenvalue weighted by Gasteiger charge is 2.43. The number of amides is 9. The van der Waals surface area contributed by atoms with Crippen LogP contribution in [-0.2, 0) is 70.3 Å². The summed E-state index contributed by atoms with van der Waals surface area (Å²) in [5.41, 5.74) is 12.8. The Hall–Kier alpha value is -6.36. The average molecular weight is 1230 g/mol. The maximum absolute atomic E-state index is 14.2. The molecule has 27 nitrogen and oxygen atoms in total. The molecule has 3 saturated heterocycles. The third kappa shape index (κ3) is 23.7. The predicted molar refractivity (Wildman–Crippen MR) is 319 cm³/mol. The number of primary amides is 1. The number of aliphatic imine (C=N–C) groups is 1. The minimum atomic E-state index is -1.23. The first-order chi connectivity index (χ1) is 41.4. The lowest BCUT2D eigenvalue weighted by molar-refractivity contribution is -0.139. The lowest BCUT2D eigenvalue weighted by Crippen LogP contribution is -2.56. The van der Waals surface area contributed by atoms with Crippen molar-refractivity contribution in [3.63, 3.8) is 0 Å². The molecule has 2 bridgehead atoms. The number of fused-ring (bicyclic) bond motifs is 4. The summed E-state index contributed by atoms with van der Waals surface area (Å²) in [6.45, 7) is 7.04. The van der Waals surface area contributed by atoms with E-state index in [-0.39, 0.29) is 93.1 Å². The van der Waals surface area contributed by atoms with Gasteiger partial charge in [0.25, 0.3) is 0 Å². The van der Waals surface area contributed by atoms with Crippen molar-refractivity contribution >= 4 is 76.9 Å². The predicted octanol–water partition coefficient (Wildman–Crippen LogP) is 0.408. The first-order valence-corrected chi connectivity index (χ1v) is 31.8. The zero-order valence-corrected chi connectivity index (χ0v) is 50.8. The molecular weight excluding hydrogens is 1130 g/mol. The Morgan fingerprint density at radius 2 is 1.50 bits per heavy atom. The van der Waals surface area contributed by atoms with Crippen LogP contribution in [0.15, 0.2) is 23.0 Å². The molecule has 6 rings (SSSR count). The minimum Gasteiger partial charge on any atom is -0.379 e. The number of nitrogens with one attached hydrogen (secondary N) is 7. The fourth-order valence-electron chi connectivity index (χ4n) is 11.1. The fraction of sp³-hybridized carbons (Fsp3) is 0.741. The number of carbonyl (C=O) groups excluding carboxylic acids is 10. The van der Waals surface area contributed by atoms with Crippen LogP contribution < -0.4 is 48.7 Å². The summed E-state index contributed by atoms with van der Waals surface area (Å²) in [6, 6.07) is -4.00. The number of nitrogens with two attached hydrogens (primary N) is 2. The number of thioether (sulfide) groups is 1. The number of urea groups is 1. The van der Waals surface area contributed by atoms with Crippen molar-refractivity contribution in [3.8, 4) is 0 Å². The van der Waals surface area contributed by atoms with E-state index in [9.17, 15) is 47.9 Å². The van der Waals surface area contributed by atoms with E-state index in [1.165, 1.54) is 4.90 Å². The van der Waals surface area contributed by atoms with Crippen molar-refractivity contribution < 1.29 is 62.2 Å². The third-order valence-electron chi connectivity index (χ3n) is 15.8. The molecule has 1 aromatic rings. The SMILES string of the molecule is CC(C)C[C@@H]1NC(=O)[C@H](CCC(N)=O)CC(=O)[C@@H](N)Cc2cn(nn2)CCCC[C@@H](C(=O)NCCCOCCOCCOCCCNC(=O)CCCCC2SC[C@H]3NC(=O)N[C@@H]23)CC(=O)C2CCCN2C(=O)CNC(=O)[C@H](CC2=CCC=N2)NC1=O. The number of carbonyl (C=O) groups is 10. The second-order valence-corrected chi connectivity index (χ2v) is 24.5. The van der Waals surface area contributed by atoms with E-state index in [1.807, 2.05) is 25.6 Å².